The second kappa shape index (κ2) is 7.05. The summed E-state index contributed by atoms with van der Waals surface area (Å²) in [6.07, 6.45) is 1.90. The first-order chi connectivity index (χ1) is 11.9. The molecule has 134 valence electrons. The molecule has 0 spiro atoms. The van der Waals surface area contributed by atoms with Crippen LogP contribution in [0.5, 0.6) is 5.75 Å². The van der Waals surface area contributed by atoms with Crippen LogP contribution >= 0.6 is 11.3 Å². The van der Waals surface area contributed by atoms with E-state index in [0.717, 1.165) is 24.2 Å². The molecule has 8 heteroatoms. The molecule has 0 bridgehead atoms. The number of nitrogens with one attached hydrogen (secondary N) is 1. The molecule has 25 heavy (non-hydrogen) atoms. The lowest BCUT2D eigenvalue weighted by molar-refractivity contribution is 0.0694. The number of benzene rings is 1. The highest BCUT2D eigenvalue weighted by Crippen LogP contribution is 2.27. The number of thiophene rings is 1. The standard InChI is InChI=1S/C17H20N2O4S2/c1-12-6-8-19(9-7-12)17(21)14-5-4-13(11-15(14)20)18-25(22,23)16-3-2-10-24-16/h2-5,10-12,18,20H,6-9H2,1H3. The lowest BCUT2D eigenvalue weighted by atomic mass is 9.98. The number of phenolic OH excluding ortho intramolecular Hbond substituents is 1. The number of hydrogen-bond acceptors (Lipinski definition) is 5. The van der Waals surface area contributed by atoms with Crippen LogP contribution < -0.4 is 4.72 Å². The van der Waals surface area contributed by atoms with E-state index in [-0.39, 0.29) is 27.1 Å². The average molecular weight is 380 g/mol. The minimum atomic E-state index is -3.68. The maximum absolute atomic E-state index is 12.5. The molecule has 1 aliphatic rings. The van der Waals surface area contributed by atoms with Gasteiger partial charge in [0.15, 0.2) is 0 Å². The predicted octanol–water partition coefficient (Wildman–Crippen LogP) is 3.13. The van der Waals surface area contributed by atoms with Crippen molar-refractivity contribution in [2.75, 3.05) is 17.8 Å². The van der Waals surface area contributed by atoms with Crippen LogP contribution in [0.15, 0.2) is 39.9 Å². The largest absolute Gasteiger partial charge is 0.507 e. The second-order valence-corrected chi connectivity index (χ2v) is 9.10. The molecule has 1 amide bonds. The van der Waals surface area contributed by atoms with Crippen LogP contribution in [0, 0.1) is 5.92 Å². The van der Waals surface area contributed by atoms with Gasteiger partial charge < -0.3 is 10.0 Å². The van der Waals surface area contributed by atoms with E-state index in [1.165, 1.54) is 24.3 Å². The Bertz CT molecular complexity index is 855. The van der Waals surface area contributed by atoms with Gasteiger partial charge in [-0.2, -0.15) is 0 Å². The molecule has 3 rings (SSSR count). The van der Waals surface area contributed by atoms with Gasteiger partial charge in [0.1, 0.15) is 9.96 Å². The summed E-state index contributed by atoms with van der Waals surface area (Å²) in [7, 11) is -3.68. The molecular weight excluding hydrogens is 360 g/mol. The van der Waals surface area contributed by atoms with Gasteiger partial charge in [-0.05, 0) is 42.3 Å². The fraction of sp³-hybridized carbons (Fsp3) is 0.353. The molecule has 1 aliphatic heterocycles. The third-order valence-corrected chi connectivity index (χ3v) is 7.09. The minimum absolute atomic E-state index is 0.189. The van der Waals surface area contributed by atoms with Crippen molar-refractivity contribution in [2.45, 2.75) is 24.0 Å². The first-order valence-corrected chi connectivity index (χ1v) is 10.4. The predicted molar refractivity (Wildman–Crippen MR) is 97.5 cm³/mol. The lowest BCUT2D eigenvalue weighted by Gasteiger charge is -2.30. The number of aromatic hydroxyl groups is 1. The Hall–Kier alpha value is -2.06. The van der Waals surface area contributed by atoms with Gasteiger partial charge in [-0.3, -0.25) is 9.52 Å². The molecule has 2 aromatic rings. The number of amides is 1. The highest BCUT2D eigenvalue weighted by Gasteiger charge is 2.24. The highest BCUT2D eigenvalue weighted by molar-refractivity contribution is 7.94. The summed E-state index contributed by atoms with van der Waals surface area (Å²) in [5.74, 6) is 0.152. The number of hydrogen-bond donors (Lipinski definition) is 2. The van der Waals surface area contributed by atoms with E-state index < -0.39 is 10.0 Å². The number of sulfonamides is 1. The number of rotatable bonds is 4. The van der Waals surface area contributed by atoms with Crippen molar-refractivity contribution in [1.82, 2.24) is 4.90 Å². The van der Waals surface area contributed by atoms with Crippen LogP contribution in [0.3, 0.4) is 0 Å². The fourth-order valence-corrected chi connectivity index (χ4v) is 4.82. The molecule has 0 unspecified atom stereocenters. The minimum Gasteiger partial charge on any atom is -0.507 e. The Kier molecular flexibility index (Phi) is 5.01. The van der Waals surface area contributed by atoms with Crippen molar-refractivity contribution < 1.29 is 18.3 Å². The van der Waals surface area contributed by atoms with Crippen LogP contribution in [-0.2, 0) is 10.0 Å². The number of carbonyl (C=O) groups is 1. The molecule has 2 N–H and O–H groups in total. The van der Waals surface area contributed by atoms with Gasteiger partial charge in [0.05, 0.1) is 11.3 Å². The van der Waals surface area contributed by atoms with Crippen LogP contribution in [0.2, 0.25) is 0 Å². The molecule has 0 atom stereocenters. The highest BCUT2D eigenvalue weighted by atomic mass is 32.2. The van der Waals surface area contributed by atoms with Gasteiger partial charge in [-0.15, -0.1) is 11.3 Å². The zero-order valence-corrected chi connectivity index (χ0v) is 15.4. The van der Waals surface area contributed by atoms with Gasteiger partial charge in [0.2, 0.25) is 0 Å². The Morgan fingerprint density at radius 2 is 2.00 bits per heavy atom. The zero-order valence-electron chi connectivity index (χ0n) is 13.8. The molecule has 1 saturated heterocycles. The molecule has 0 saturated carbocycles. The molecule has 1 aromatic carbocycles. The topological polar surface area (TPSA) is 86.7 Å². The Labute approximate surface area is 151 Å². The molecule has 2 heterocycles. The van der Waals surface area contributed by atoms with Crippen molar-refractivity contribution in [3.8, 4) is 5.75 Å². The van der Waals surface area contributed by atoms with E-state index in [2.05, 4.69) is 11.6 Å². The number of phenols is 1. The van der Waals surface area contributed by atoms with E-state index in [0.29, 0.717) is 19.0 Å². The Morgan fingerprint density at radius 3 is 2.60 bits per heavy atom. The van der Waals surface area contributed by atoms with Crippen molar-refractivity contribution in [2.24, 2.45) is 5.92 Å². The zero-order chi connectivity index (χ0) is 18.0. The van der Waals surface area contributed by atoms with E-state index in [9.17, 15) is 18.3 Å². The first kappa shape index (κ1) is 17.8. The summed E-state index contributed by atoms with van der Waals surface area (Å²) < 4.78 is 27.0. The van der Waals surface area contributed by atoms with E-state index >= 15 is 0 Å². The SMILES string of the molecule is CC1CCN(C(=O)c2ccc(NS(=O)(=O)c3cccs3)cc2O)CC1. The van der Waals surface area contributed by atoms with Crippen molar-refractivity contribution in [1.29, 1.82) is 0 Å². The number of nitrogens with zero attached hydrogens (tertiary/aromatic N) is 1. The molecular formula is C17H20N2O4S2. The van der Waals surface area contributed by atoms with Gasteiger partial charge in [0, 0.05) is 19.2 Å². The number of likely N-dealkylation sites (tertiary alicyclic amines) is 1. The number of carbonyl (C=O) groups excluding carboxylic acids is 1. The van der Waals surface area contributed by atoms with E-state index in [1.54, 1.807) is 16.3 Å². The molecule has 1 aromatic heterocycles. The van der Waals surface area contributed by atoms with Gasteiger partial charge in [-0.1, -0.05) is 13.0 Å². The van der Waals surface area contributed by atoms with Gasteiger partial charge in [-0.25, -0.2) is 8.42 Å². The molecule has 6 nitrogen and oxygen atoms in total. The summed E-state index contributed by atoms with van der Waals surface area (Å²) in [6, 6.07) is 7.37. The fourth-order valence-electron chi connectivity index (χ4n) is 2.78. The third-order valence-electron chi connectivity index (χ3n) is 4.31. The normalized spacial score (nSPS) is 16.0. The van der Waals surface area contributed by atoms with Crippen molar-refractivity contribution in [3.63, 3.8) is 0 Å². The summed E-state index contributed by atoms with van der Waals surface area (Å²) in [5.41, 5.74) is 0.406. The summed E-state index contributed by atoms with van der Waals surface area (Å²) >= 11 is 1.11. The van der Waals surface area contributed by atoms with Gasteiger partial charge in [0.25, 0.3) is 15.9 Å². The van der Waals surface area contributed by atoms with Crippen LogP contribution in [0.1, 0.15) is 30.1 Å². The van der Waals surface area contributed by atoms with E-state index in [1.807, 2.05) is 0 Å². The lowest BCUT2D eigenvalue weighted by Crippen LogP contribution is -2.37. The third kappa shape index (κ3) is 3.96. The van der Waals surface area contributed by atoms with Crippen LogP contribution in [0.4, 0.5) is 5.69 Å². The summed E-state index contributed by atoms with van der Waals surface area (Å²) in [6.45, 7) is 3.51. The quantitative estimate of drug-likeness (QED) is 0.853. The number of anilines is 1. The summed E-state index contributed by atoms with van der Waals surface area (Å²) in [5, 5.41) is 11.9. The van der Waals surface area contributed by atoms with Gasteiger partial charge >= 0.3 is 0 Å². The molecule has 1 fully saturated rings. The summed E-state index contributed by atoms with van der Waals surface area (Å²) in [4.78, 5) is 14.3. The molecule has 0 radical (unpaired) electrons. The maximum Gasteiger partial charge on any atom is 0.271 e. The molecule has 0 aliphatic carbocycles. The van der Waals surface area contributed by atoms with Crippen molar-refractivity contribution in [3.05, 3.63) is 41.3 Å². The van der Waals surface area contributed by atoms with Crippen LogP contribution in [0.25, 0.3) is 0 Å². The Balaban J connectivity index is 1.76. The first-order valence-electron chi connectivity index (χ1n) is 8.05. The maximum atomic E-state index is 12.5. The van der Waals surface area contributed by atoms with Crippen LogP contribution in [-0.4, -0.2) is 37.4 Å². The van der Waals surface area contributed by atoms with E-state index in [4.69, 9.17) is 0 Å². The van der Waals surface area contributed by atoms with Crippen molar-refractivity contribution >= 4 is 33.0 Å². The average Bonchev–Trinajstić information content (AvgIpc) is 3.10. The Morgan fingerprint density at radius 1 is 1.28 bits per heavy atom. The monoisotopic (exact) mass is 380 g/mol. The smallest absolute Gasteiger partial charge is 0.271 e. The second-order valence-electron chi connectivity index (χ2n) is 6.24. The number of piperidine rings is 1.